The molecule has 1 aliphatic heterocycles. The lowest BCUT2D eigenvalue weighted by atomic mass is 10.2. The molecule has 1 fully saturated rings. The van der Waals surface area contributed by atoms with Gasteiger partial charge in [0.25, 0.3) is 0 Å². The van der Waals surface area contributed by atoms with Crippen LogP contribution in [0.25, 0.3) is 0 Å². The van der Waals surface area contributed by atoms with E-state index in [0.717, 1.165) is 54.3 Å². The molecule has 8 heteroatoms. The minimum Gasteiger partial charge on any atom is -0.379 e. The zero-order valence-electron chi connectivity index (χ0n) is 16.0. The van der Waals surface area contributed by atoms with E-state index in [9.17, 15) is 9.59 Å². The first-order valence-corrected chi connectivity index (χ1v) is 11.4. The van der Waals surface area contributed by atoms with Crippen LogP contribution in [0.15, 0.2) is 53.0 Å². The molecule has 3 rings (SSSR count). The Labute approximate surface area is 183 Å². The van der Waals surface area contributed by atoms with E-state index in [4.69, 9.17) is 4.74 Å². The van der Waals surface area contributed by atoms with Crippen molar-refractivity contribution in [1.82, 2.24) is 4.90 Å². The number of nitrogens with zero attached hydrogens (tertiary/aromatic N) is 1. The van der Waals surface area contributed by atoms with Gasteiger partial charge < -0.3 is 15.4 Å². The van der Waals surface area contributed by atoms with Crippen molar-refractivity contribution in [2.24, 2.45) is 0 Å². The average molecular weight is 478 g/mol. The van der Waals surface area contributed by atoms with Crippen LogP contribution < -0.4 is 10.6 Å². The van der Waals surface area contributed by atoms with Gasteiger partial charge in [0.1, 0.15) is 0 Å². The Bertz CT molecular complexity index is 843. The predicted octanol–water partition coefficient (Wildman–Crippen LogP) is 3.59. The molecular weight excluding hydrogens is 454 g/mol. The highest BCUT2D eigenvalue weighted by Gasteiger charge is 2.11. The summed E-state index contributed by atoms with van der Waals surface area (Å²) in [6.07, 6.45) is 0. The van der Waals surface area contributed by atoms with Crippen LogP contribution in [0.5, 0.6) is 0 Å². The molecule has 0 atom stereocenters. The monoisotopic (exact) mass is 477 g/mol. The molecule has 2 aromatic rings. The molecule has 0 aliphatic carbocycles. The summed E-state index contributed by atoms with van der Waals surface area (Å²) in [6.45, 7) is 4.23. The molecule has 154 valence electrons. The zero-order chi connectivity index (χ0) is 20.5. The van der Waals surface area contributed by atoms with E-state index >= 15 is 0 Å². The number of amides is 2. The van der Waals surface area contributed by atoms with E-state index in [2.05, 4.69) is 37.5 Å². The van der Waals surface area contributed by atoms with Crippen LogP contribution >= 0.6 is 27.7 Å². The SMILES string of the molecule is O=C(CSCC(=O)Nc1cccc(CN2CCOCC2)c1)Nc1cccc(Br)c1. The number of hydrogen-bond donors (Lipinski definition) is 2. The average Bonchev–Trinajstić information content (AvgIpc) is 2.69. The van der Waals surface area contributed by atoms with E-state index in [1.807, 2.05) is 42.5 Å². The summed E-state index contributed by atoms with van der Waals surface area (Å²) in [5.74, 6) is 0.193. The molecule has 0 unspecified atom stereocenters. The van der Waals surface area contributed by atoms with E-state index in [1.165, 1.54) is 11.8 Å². The normalized spacial score (nSPS) is 14.4. The lowest BCUT2D eigenvalue weighted by molar-refractivity contribution is -0.114. The van der Waals surface area contributed by atoms with Crippen LogP contribution in [0.3, 0.4) is 0 Å². The van der Waals surface area contributed by atoms with Gasteiger partial charge in [-0.25, -0.2) is 0 Å². The number of carbonyl (C=O) groups excluding carboxylic acids is 2. The minimum atomic E-state index is -0.131. The van der Waals surface area contributed by atoms with Gasteiger partial charge >= 0.3 is 0 Å². The van der Waals surface area contributed by atoms with Gasteiger partial charge in [0.05, 0.1) is 24.7 Å². The maximum absolute atomic E-state index is 12.2. The quantitative estimate of drug-likeness (QED) is 0.607. The number of anilines is 2. The van der Waals surface area contributed by atoms with E-state index in [-0.39, 0.29) is 23.3 Å². The van der Waals surface area contributed by atoms with Crippen molar-refractivity contribution in [3.05, 3.63) is 58.6 Å². The Morgan fingerprint density at radius 3 is 2.24 bits per heavy atom. The van der Waals surface area contributed by atoms with Crippen LogP contribution in [-0.4, -0.2) is 54.5 Å². The molecule has 0 spiro atoms. The molecule has 29 heavy (non-hydrogen) atoms. The van der Waals surface area contributed by atoms with E-state index in [0.29, 0.717) is 0 Å². The highest BCUT2D eigenvalue weighted by Crippen LogP contribution is 2.17. The molecule has 2 amide bonds. The van der Waals surface area contributed by atoms with Gasteiger partial charge in [-0.2, -0.15) is 0 Å². The highest BCUT2D eigenvalue weighted by atomic mass is 79.9. The molecule has 1 aliphatic rings. The molecule has 6 nitrogen and oxygen atoms in total. The fourth-order valence-corrected chi connectivity index (χ4v) is 3.98. The number of halogens is 1. The number of hydrogen-bond acceptors (Lipinski definition) is 5. The first kappa shape index (κ1) is 21.8. The maximum Gasteiger partial charge on any atom is 0.234 e. The lowest BCUT2D eigenvalue weighted by Gasteiger charge is -2.26. The topological polar surface area (TPSA) is 70.7 Å². The third-order valence-corrected chi connectivity index (χ3v) is 5.72. The molecule has 1 saturated heterocycles. The van der Waals surface area contributed by atoms with E-state index < -0.39 is 0 Å². The van der Waals surface area contributed by atoms with Crippen LogP contribution in [-0.2, 0) is 20.9 Å². The number of carbonyl (C=O) groups is 2. The molecule has 2 N–H and O–H groups in total. The first-order chi connectivity index (χ1) is 14.1. The standard InChI is InChI=1S/C21H24BrN3O3S/c22-17-4-2-6-19(12-17)24-21(27)15-29-14-20(26)23-18-5-1-3-16(11-18)13-25-7-9-28-10-8-25/h1-6,11-12H,7-10,13-15H2,(H,23,26)(H,24,27). The molecule has 0 bridgehead atoms. The summed E-state index contributed by atoms with van der Waals surface area (Å²) in [5, 5.41) is 5.73. The molecule has 1 heterocycles. The zero-order valence-corrected chi connectivity index (χ0v) is 18.4. The van der Waals surface area contributed by atoms with Crippen molar-refractivity contribution in [3.8, 4) is 0 Å². The number of rotatable bonds is 8. The van der Waals surface area contributed by atoms with Crippen molar-refractivity contribution < 1.29 is 14.3 Å². The van der Waals surface area contributed by atoms with Crippen LogP contribution in [0.2, 0.25) is 0 Å². The van der Waals surface area contributed by atoms with Crippen LogP contribution in [0.1, 0.15) is 5.56 Å². The van der Waals surface area contributed by atoms with Crippen molar-refractivity contribution in [3.63, 3.8) is 0 Å². The molecule has 0 radical (unpaired) electrons. The van der Waals surface area contributed by atoms with Gasteiger partial charge in [0.2, 0.25) is 11.8 Å². The predicted molar refractivity (Wildman–Crippen MR) is 121 cm³/mol. The van der Waals surface area contributed by atoms with Gasteiger partial charge in [0.15, 0.2) is 0 Å². The number of morpholine rings is 1. The third-order valence-electron chi connectivity index (χ3n) is 4.30. The largest absolute Gasteiger partial charge is 0.379 e. The Hall–Kier alpha value is -1.87. The molecule has 0 aromatic heterocycles. The number of thioether (sulfide) groups is 1. The highest BCUT2D eigenvalue weighted by molar-refractivity contribution is 9.10. The number of ether oxygens (including phenoxy) is 1. The smallest absolute Gasteiger partial charge is 0.234 e. The molecule has 2 aromatic carbocycles. The minimum absolute atomic E-state index is 0.117. The van der Waals surface area contributed by atoms with E-state index in [1.54, 1.807) is 0 Å². The maximum atomic E-state index is 12.2. The van der Waals surface area contributed by atoms with Crippen LogP contribution in [0, 0.1) is 0 Å². The van der Waals surface area contributed by atoms with Gasteiger partial charge in [-0.05, 0) is 35.9 Å². The van der Waals surface area contributed by atoms with Gasteiger partial charge in [-0.3, -0.25) is 14.5 Å². The Morgan fingerprint density at radius 1 is 0.966 bits per heavy atom. The summed E-state index contributed by atoms with van der Waals surface area (Å²) in [7, 11) is 0. The van der Waals surface area contributed by atoms with Crippen molar-refractivity contribution in [1.29, 1.82) is 0 Å². The third kappa shape index (κ3) is 7.81. The summed E-state index contributed by atoms with van der Waals surface area (Å²) in [4.78, 5) is 26.5. The Balaban J connectivity index is 1.40. The molecular formula is C21H24BrN3O3S. The Kier molecular flexibility index (Phi) is 8.54. The summed E-state index contributed by atoms with van der Waals surface area (Å²) >= 11 is 4.66. The van der Waals surface area contributed by atoms with Crippen molar-refractivity contribution in [2.75, 3.05) is 48.4 Å². The fraction of sp³-hybridized carbons (Fsp3) is 0.333. The second-order valence-electron chi connectivity index (χ2n) is 6.69. The van der Waals surface area contributed by atoms with Crippen LogP contribution in [0.4, 0.5) is 11.4 Å². The van der Waals surface area contributed by atoms with Gasteiger partial charge in [-0.1, -0.05) is 34.1 Å². The molecule has 0 saturated carbocycles. The van der Waals surface area contributed by atoms with Crippen molar-refractivity contribution >= 4 is 50.9 Å². The lowest BCUT2D eigenvalue weighted by Crippen LogP contribution is -2.35. The number of benzene rings is 2. The fourth-order valence-electron chi connectivity index (χ4n) is 2.96. The summed E-state index contributed by atoms with van der Waals surface area (Å²) in [6, 6.07) is 15.3. The van der Waals surface area contributed by atoms with Gasteiger partial charge in [-0.15, -0.1) is 11.8 Å². The number of nitrogens with one attached hydrogen (secondary N) is 2. The summed E-state index contributed by atoms with van der Waals surface area (Å²) in [5.41, 5.74) is 2.66. The first-order valence-electron chi connectivity index (χ1n) is 9.40. The second-order valence-corrected chi connectivity index (χ2v) is 8.59. The Morgan fingerprint density at radius 2 is 1.59 bits per heavy atom. The van der Waals surface area contributed by atoms with Gasteiger partial charge in [0, 0.05) is 35.5 Å². The second kappa shape index (κ2) is 11.3. The van der Waals surface area contributed by atoms with Crippen molar-refractivity contribution in [2.45, 2.75) is 6.54 Å². The summed E-state index contributed by atoms with van der Waals surface area (Å²) < 4.78 is 6.28.